The van der Waals surface area contributed by atoms with Gasteiger partial charge in [0.2, 0.25) is 0 Å². The molecule has 0 unspecified atom stereocenters. The normalized spacial score (nSPS) is 11.6. The van der Waals surface area contributed by atoms with Gasteiger partial charge in [0.1, 0.15) is 5.69 Å². The quantitative estimate of drug-likeness (QED) is 0.210. The van der Waals surface area contributed by atoms with Gasteiger partial charge in [0, 0.05) is 29.4 Å². The minimum Gasteiger partial charge on any atom is -0.356 e. The summed E-state index contributed by atoms with van der Waals surface area (Å²) >= 11 is 24.3. The standard InChI is InChI=1S/C25H18Cl4N2O4S/c26-19-10-5-11-20(27)23(19)21-15-22(35-30-21)16-6-4-7-17(14-16)31(25(32)24(28)29)12-13-36(33,34)18-8-2-1-3-9-18/h1-11,14-15,24H,12-13H2. The summed E-state index contributed by atoms with van der Waals surface area (Å²) in [4.78, 5) is 12.8. The first-order valence-electron chi connectivity index (χ1n) is 10.6. The second-order valence-corrected chi connectivity index (χ2v) is 11.7. The van der Waals surface area contributed by atoms with Crippen molar-refractivity contribution < 1.29 is 17.7 Å². The molecule has 0 saturated heterocycles. The number of anilines is 1. The number of halogens is 4. The van der Waals surface area contributed by atoms with Crippen molar-refractivity contribution in [3.63, 3.8) is 0 Å². The summed E-state index contributed by atoms with van der Waals surface area (Å²) in [6.07, 6.45) is 0. The van der Waals surface area contributed by atoms with E-state index in [0.717, 1.165) is 0 Å². The van der Waals surface area contributed by atoms with E-state index >= 15 is 0 Å². The third-order valence-corrected chi connectivity index (χ3v) is 8.02. The molecule has 4 rings (SSSR count). The lowest BCUT2D eigenvalue weighted by atomic mass is 10.1. The molecule has 36 heavy (non-hydrogen) atoms. The SMILES string of the molecule is O=C(C(Cl)Cl)N(CCS(=O)(=O)c1ccccc1)c1cccc(-c2cc(-c3c(Cl)cccc3Cl)no2)c1. The van der Waals surface area contributed by atoms with E-state index in [2.05, 4.69) is 5.16 Å². The van der Waals surface area contributed by atoms with Gasteiger partial charge in [-0.2, -0.15) is 0 Å². The van der Waals surface area contributed by atoms with Gasteiger partial charge >= 0.3 is 0 Å². The van der Waals surface area contributed by atoms with Crippen molar-refractivity contribution in [2.24, 2.45) is 0 Å². The predicted octanol–water partition coefficient (Wildman–Crippen LogP) is 6.93. The van der Waals surface area contributed by atoms with Crippen LogP contribution in [0.5, 0.6) is 0 Å². The number of amides is 1. The molecule has 1 aromatic heterocycles. The number of carbonyl (C=O) groups excluding carboxylic acids is 1. The molecule has 4 aromatic rings. The molecular formula is C25H18Cl4N2O4S. The molecule has 0 fully saturated rings. The zero-order valence-electron chi connectivity index (χ0n) is 18.4. The van der Waals surface area contributed by atoms with Crippen molar-refractivity contribution in [1.82, 2.24) is 5.16 Å². The Morgan fingerprint density at radius 1 is 0.917 bits per heavy atom. The predicted molar refractivity (Wildman–Crippen MR) is 144 cm³/mol. The van der Waals surface area contributed by atoms with Gasteiger partial charge in [-0.1, -0.05) is 88.0 Å². The van der Waals surface area contributed by atoms with Crippen LogP contribution in [-0.2, 0) is 14.6 Å². The van der Waals surface area contributed by atoms with Crippen LogP contribution < -0.4 is 4.90 Å². The Morgan fingerprint density at radius 3 is 2.25 bits per heavy atom. The van der Waals surface area contributed by atoms with Crippen molar-refractivity contribution >= 4 is 67.8 Å². The third kappa shape index (κ3) is 5.88. The number of rotatable bonds is 8. The van der Waals surface area contributed by atoms with Gasteiger partial charge in [-0.25, -0.2) is 8.42 Å². The van der Waals surface area contributed by atoms with Crippen LogP contribution >= 0.6 is 46.4 Å². The van der Waals surface area contributed by atoms with E-state index < -0.39 is 20.6 Å². The minimum atomic E-state index is -3.65. The van der Waals surface area contributed by atoms with Crippen LogP contribution in [0.15, 0.2) is 88.3 Å². The highest BCUT2D eigenvalue weighted by atomic mass is 35.5. The second-order valence-electron chi connectivity index (χ2n) is 7.65. The van der Waals surface area contributed by atoms with Gasteiger partial charge in [0.05, 0.1) is 20.7 Å². The molecule has 6 nitrogen and oxygen atoms in total. The van der Waals surface area contributed by atoms with E-state index in [1.54, 1.807) is 66.7 Å². The number of aromatic nitrogens is 1. The number of nitrogens with zero attached hydrogens (tertiary/aromatic N) is 2. The number of hydrogen-bond acceptors (Lipinski definition) is 5. The molecule has 0 saturated carbocycles. The van der Waals surface area contributed by atoms with Crippen molar-refractivity contribution in [1.29, 1.82) is 0 Å². The molecular weight excluding hydrogens is 566 g/mol. The molecule has 1 amide bonds. The molecule has 0 radical (unpaired) electrons. The van der Waals surface area contributed by atoms with Crippen molar-refractivity contribution in [2.45, 2.75) is 9.73 Å². The molecule has 0 aliphatic rings. The van der Waals surface area contributed by atoms with Gasteiger partial charge < -0.3 is 9.42 Å². The summed E-state index contributed by atoms with van der Waals surface area (Å²) in [5, 5.41) is 4.92. The summed E-state index contributed by atoms with van der Waals surface area (Å²) in [5.41, 5.74) is 1.94. The molecule has 0 N–H and O–H groups in total. The minimum absolute atomic E-state index is 0.159. The third-order valence-electron chi connectivity index (χ3n) is 5.31. The maximum absolute atomic E-state index is 12.8. The Labute approximate surface area is 228 Å². The van der Waals surface area contributed by atoms with E-state index in [-0.39, 0.29) is 17.2 Å². The first-order chi connectivity index (χ1) is 17.2. The molecule has 0 spiro atoms. The maximum atomic E-state index is 12.8. The number of benzene rings is 3. The van der Waals surface area contributed by atoms with E-state index in [4.69, 9.17) is 50.9 Å². The van der Waals surface area contributed by atoms with E-state index in [9.17, 15) is 13.2 Å². The van der Waals surface area contributed by atoms with Crippen LogP contribution in [-0.4, -0.2) is 36.6 Å². The molecule has 3 aromatic carbocycles. The van der Waals surface area contributed by atoms with E-state index in [1.165, 1.54) is 17.0 Å². The summed E-state index contributed by atoms with van der Waals surface area (Å²) < 4.78 is 31.1. The first-order valence-corrected chi connectivity index (χ1v) is 13.8. The smallest absolute Gasteiger partial charge is 0.260 e. The van der Waals surface area contributed by atoms with Crippen LogP contribution in [0.3, 0.4) is 0 Å². The average Bonchev–Trinajstić information content (AvgIpc) is 3.34. The monoisotopic (exact) mass is 582 g/mol. The first kappa shape index (κ1) is 26.5. The summed E-state index contributed by atoms with van der Waals surface area (Å²) in [7, 11) is -3.65. The fourth-order valence-corrected chi connectivity index (χ4v) is 5.60. The van der Waals surface area contributed by atoms with Gasteiger partial charge in [-0.15, -0.1) is 0 Å². The van der Waals surface area contributed by atoms with Crippen LogP contribution in [0.4, 0.5) is 5.69 Å². The lowest BCUT2D eigenvalue weighted by Crippen LogP contribution is -2.38. The topological polar surface area (TPSA) is 80.5 Å². The fourth-order valence-electron chi connectivity index (χ4n) is 3.54. The van der Waals surface area contributed by atoms with Crippen molar-refractivity contribution in [2.75, 3.05) is 17.2 Å². The summed E-state index contributed by atoms with van der Waals surface area (Å²) in [6.45, 7) is -0.160. The highest BCUT2D eigenvalue weighted by Crippen LogP contribution is 2.36. The Morgan fingerprint density at radius 2 is 1.58 bits per heavy atom. The largest absolute Gasteiger partial charge is 0.356 e. The fraction of sp³-hybridized carbons (Fsp3) is 0.120. The van der Waals surface area contributed by atoms with E-state index in [1.807, 2.05) is 0 Å². The van der Waals surface area contributed by atoms with Crippen molar-refractivity contribution in [3.05, 3.63) is 88.9 Å². The molecule has 1 heterocycles. The zero-order chi connectivity index (χ0) is 25.9. The second kappa shape index (κ2) is 11.2. The van der Waals surface area contributed by atoms with Gasteiger partial charge in [0.25, 0.3) is 5.91 Å². The molecule has 0 atom stereocenters. The van der Waals surface area contributed by atoms with Gasteiger partial charge in [-0.05, 0) is 36.4 Å². The maximum Gasteiger partial charge on any atom is 0.260 e. The van der Waals surface area contributed by atoms with Crippen LogP contribution in [0.2, 0.25) is 10.0 Å². The van der Waals surface area contributed by atoms with Gasteiger partial charge in [0.15, 0.2) is 20.4 Å². The molecule has 11 heteroatoms. The Balaban J connectivity index is 1.64. The molecule has 186 valence electrons. The lowest BCUT2D eigenvalue weighted by Gasteiger charge is -2.23. The summed E-state index contributed by atoms with van der Waals surface area (Å²) in [5.74, 6) is -0.592. The zero-order valence-corrected chi connectivity index (χ0v) is 22.3. The Bertz CT molecular complexity index is 1470. The van der Waals surface area contributed by atoms with Crippen molar-refractivity contribution in [3.8, 4) is 22.6 Å². The molecule has 0 aliphatic heterocycles. The number of alkyl halides is 2. The molecule has 0 bridgehead atoms. The Hall–Kier alpha value is -2.55. The van der Waals surface area contributed by atoms with Crippen LogP contribution in [0.25, 0.3) is 22.6 Å². The lowest BCUT2D eigenvalue weighted by molar-refractivity contribution is -0.116. The number of hydrogen-bond donors (Lipinski definition) is 0. The Kier molecular flexibility index (Phi) is 8.27. The van der Waals surface area contributed by atoms with E-state index in [0.29, 0.717) is 38.3 Å². The highest BCUT2D eigenvalue weighted by molar-refractivity contribution is 7.91. The number of carbonyl (C=O) groups is 1. The average molecular weight is 584 g/mol. The number of sulfone groups is 1. The molecule has 0 aliphatic carbocycles. The van der Waals surface area contributed by atoms with Crippen LogP contribution in [0, 0.1) is 0 Å². The van der Waals surface area contributed by atoms with Crippen LogP contribution in [0.1, 0.15) is 0 Å². The highest BCUT2D eigenvalue weighted by Gasteiger charge is 2.25. The summed E-state index contributed by atoms with van der Waals surface area (Å²) in [6, 6.07) is 21.5. The van der Waals surface area contributed by atoms with Gasteiger partial charge in [-0.3, -0.25) is 4.79 Å².